The number of thiophene rings is 1. The molecule has 0 bridgehead atoms. The molecule has 8 heteroatoms. The Labute approximate surface area is 133 Å². The zero-order chi connectivity index (χ0) is 15.7. The number of carbonyl (C=O) groups is 1. The van der Waals surface area contributed by atoms with Gasteiger partial charge in [0, 0.05) is 32.7 Å². The van der Waals surface area contributed by atoms with Crippen molar-refractivity contribution < 1.29 is 4.79 Å². The molecule has 0 saturated carbocycles. The van der Waals surface area contributed by atoms with E-state index in [2.05, 4.69) is 15.9 Å². The second kappa shape index (κ2) is 5.98. The van der Waals surface area contributed by atoms with Crippen LogP contribution in [0.2, 0.25) is 0 Å². The maximum atomic E-state index is 12.2. The molecule has 0 aliphatic carbocycles. The molecule has 0 atom stereocenters. The molecule has 0 aliphatic rings. The Morgan fingerprint density at radius 2 is 2.05 bits per heavy atom. The maximum Gasteiger partial charge on any atom is 0.330 e. The smallest absolute Gasteiger partial charge is 0.330 e. The Bertz CT molecular complexity index is 806. The third kappa shape index (κ3) is 3.16. The van der Waals surface area contributed by atoms with E-state index in [1.165, 1.54) is 34.0 Å². The summed E-state index contributed by atoms with van der Waals surface area (Å²) < 4.78 is 3.24. The largest absolute Gasteiger partial charge is 0.337 e. The molecule has 0 spiro atoms. The number of hydrogen-bond acceptors (Lipinski definition) is 4. The van der Waals surface area contributed by atoms with E-state index in [0.29, 0.717) is 11.1 Å². The lowest BCUT2D eigenvalue weighted by Gasteiger charge is -2.17. The van der Waals surface area contributed by atoms with E-state index in [1.54, 1.807) is 25.5 Å². The van der Waals surface area contributed by atoms with Crippen molar-refractivity contribution in [1.29, 1.82) is 0 Å². The summed E-state index contributed by atoms with van der Waals surface area (Å²) in [5, 5.41) is 1.75. The standard InChI is InChI=1S/C13H14BrN3O3S/c1-15(11(18)8-4-10(14)21-7-8)5-9-6-16(2)13(20)17(3)12(9)19/h4,6-7H,5H2,1-3H3. The van der Waals surface area contributed by atoms with Gasteiger partial charge < -0.3 is 9.47 Å². The van der Waals surface area contributed by atoms with Crippen molar-refractivity contribution in [3.63, 3.8) is 0 Å². The number of amides is 1. The number of hydrogen-bond donors (Lipinski definition) is 0. The van der Waals surface area contributed by atoms with Crippen LogP contribution in [0, 0.1) is 0 Å². The van der Waals surface area contributed by atoms with Gasteiger partial charge >= 0.3 is 5.69 Å². The minimum atomic E-state index is -0.389. The second-order valence-electron chi connectivity index (χ2n) is 4.71. The van der Waals surface area contributed by atoms with Crippen molar-refractivity contribution in [1.82, 2.24) is 14.0 Å². The molecule has 1 amide bonds. The zero-order valence-electron chi connectivity index (χ0n) is 11.8. The highest BCUT2D eigenvalue weighted by atomic mass is 79.9. The Balaban J connectivity index is 2.28. The van der Waals surface area contributed by atoms with Gasteiger partial charge in [0.15, 0.2) is 0 Å². The van der Waals surface area contributed by atoms with Gasteiger partial charge in [0.25, 0.3) is 11.5 Å². The Kier molecular flexibility index (Phi) is 4.48. The van der Waals surface area contributed by atoms with Crippen molar-refractivity contribution in [3.8, 4) is 0 Å². The second-order valence-corrected chi connectivity index (χ2v) is 7.00. The summed E-state index contributed by atoms with van der Waals surface area (Å²) in [7, 11) is 4.62. The molecule has 0 aromatic carbocycles. The van der Waals surface area contributed by atoms with Crippen molar-refractivity contribution in [3.05, 3.63) is 53.4 Å². The number of carbonyl (C=O) groups excluding carboxylic acids is 1. The average molecular weight is 372 g/mol. The van der Waals surface area contributed by atoms with Crippen LogP contribution < -0.4 is 11.2 Å². The fraction of sp³-hybridized carbons (Fsp3) is 0.308. The molecule has 2 aromatic rings. The first-order valence-electron chi connectivity index (χ1n) is 6.06. The monoisotopic (exact) mass is 371 g/mol. The van der Waals surface area contributed by atoms with E-state index >= 15 is 0 Å². The molecule has 2 rings (SSSR count). The SMILES string of the molecule is CN(Cc1cn(C)c(=O)n(C)c1=O)C(=O)c1csc(Br)c1. The van der Waals surface area contributed by atoms with Gasteiger partial charge in [0.05, 0.1) is 21.5 Å². The van der Waals surface area contributed by atoms with E-state index in [0.717, 1.165) is 8.35 Å². The van der Waals surface area contributed by atoms with Gasteiger partial charge in [-0.1, -0.05) is 0 Å². The van der Waals surface area contributed by atoms with Crippen LogP contribution >= 0.6 is 27.3 Å². The van der Waals surface area contributed by atoms with Gasteiger partial charge in [-0.15, -0.1) is 11.3 Å². The van der Waals surface area contributed by atoms with Crippen molar-refractivity contribution in [2.75, 3.05) is 7.05 Å². The predicted octanol–water partition coefficient (Wildman–Crippen LogP) is 1.18. The molecule has 2 heterocycles. The first-order chi connectivity index (χ1) is 9.81. The molecule has 112 valence electrons. The minimum Gasteiger partial charge on any atom is -0.337 e. The summed E-state index contributed by atoms with van der Waals surface area (Å²) in [4.78, 5) is 37.4. The minimum absolute atomic E-state index is 0.146. The van der Waals surface area contributed by atoms with E-state index in [4.69, 9.17) is 0 Å². The maximum absolute atomic E-state index is 12.2. The average Bonchev–Trinajstić information content (AvgIpc) is 2.88. The summed E-state index contributed by atoms with van der Waals surface area (Å²) >= 11 is 4.74. The van der Waals surface area contributed by atoms with E-state index in [-0.39, 0.29) is 23.7 Å². The van der Waals surface area contributed by atoms with Crippen molar-refractivity contribution in [2.24, 2.45) is 14.1 Å². The van der Waals surface area contributed by atoms with Crippen LogP contribution in [0.1, 0.15) is 15.9 Å². The molecule has 0 fully saturated rings. The highest BCUT2D eigenvalue weighted by Gasteiger charge is 2.16. The fourth-order valence-electron chi connectivity index (χ4n) is 1.96. The molecular weight excluding hydrogens is 358 g/mol. The number of nitrogens with zero attached hydrogens (tertiary/aromatic N) is 3. The van der Waals surface area contributed by atoms with Crippen LogP contribution in [0.3, 0.4) is 0 Å². The molecule has 0 unspecified atom stereocenters. The number of aryl methyl sites for hydroxylation is 1. The lowest BCUT2D eigenvalue weighted by Crippen LogP contribution is -2.40. The molecular formula is C13H14BrN3O3S. The Hall–Kier alpha value is -1.67. The summed E-state index contributed by atoms with van der Waals surface area (Å²) in [6.07, 6.45) is 1.47. The van der Waals surface area contributed by atoms with Gasteiger partial charge in [-0.3, -0.25) is 14.2 Å². The molecule has 21 heavy (non-hydrogen) atoms. The molecule has 2 aromatic heterocycles. The summed E-state index contributed by atoms with van der Waals surface area (Å²) in [6, 6.07) is 1.74. The van der Waals surface area contributed by atoms with Gasteiger partial charge in [-0.2, -0.15) is 0 Å². The predicted molar refractivity (Wildman–Crippen MR) is 84.7 cm³/mol. The highest BCUT2D eigenvalue weighted by Crippen LogP contribution is 2.21. The van der Waals surface area contributed by atoms with E-state index in [9.17, 15) is 14.4 Å². The first kappa shape index (κ1) is 15.7. The van der Waals surface area contributed by atoms with Gasteiger partial charge in [0.1, 0.15) is 0 Å². The van der Waals surface area contributed by atoms with Crippen LogP contribution in [0.5, 0.6) is 0 Å². The van der Waals surface area contributed by atoms with Crippen LogP contribution in [0.25, 0.3) is 0 Å². The van der Waals surface area contributed by atoms with Crippen LogP contribution in [0.15, 0.2) is 31.0 Å². The topological polar surface area (TPSA) is 64.3 Å². The van der Waals surface area contributed by atoms with Gasteiger partial charge in [-0.05, 0) is 22.0 Å². The Morgan fingerprint density at radius 3 is 2.62 bits per heavy atom. The van der Waals surface area contributed by atoms with Crippen LogP contribution in [-0.4, -0.2) is 27.0 Å². The zero-order valence-corrected chi connectivity index (χ0v) is 14.2. The summed E-state index contributed by atoms with van der Waals surface area (Å²) in [5.41, 5.74) is 0.185. The van der Waals surface area contributed by atoms with Crippen LogP contribution in [-0.2, 0) is 20.6 Å². The quantitative estimate of drug-likeness (QED) is 0.813. The van der Waals surface area contributed by atoms with E-state index < -0.39 is 0 Å². The van der Waals surface area contributed by atoms with Crippen molar-refractivity contribution >= 4 is 33.2 Å². The third-order valence-electron chi connectivity index (χ3n) is 3.09. The number of aromatic nitrogens is 2. The number of rotatable bonds is 3. The Morgan fingerprint density at radius 1 is 1.38 bits per heavy atom. The molecule has 0 radical (unpaired) electrons. The summed E-state index contributed by atoms with van der Waals surface area (Å²) in [5.74, 6) is -0.173. The molecule has 6 nitrogen and oxygen atoms in total. The van der Waals surface area contributed by atoms with Crippen LogP contribution in [0.4, 0.5) is 0 Å². The molecule has 0 aliphatic heterocycles. The molecule has 0 N–H and O–H groups in total. The van der Waals surface area contributed by atoms with Crippen molar-refractivity contribution in [2.45, 2.75) is 6.54 Å². The van der Waals surface area contributed by atoms with Gasteiger partial charge in [-0.25, -0.2) is 4.79 Å². The highest BCUT2D eigenvalue weighted by molar-refractivity contribution is 9.11. The van der Waals surface area contributed by atoms with Gasteiger partial charge in [0.2, 0.25) is 0 Å². The third-order valence-corrected chi connectivity index (χ3v) is 4.59. The summed E-state index contributed by atoms with van der Waals surface area (Å²) in [6.45, 7) is 0.146. The number of halogens is 1. The van der Waals surface area contributed by atoms with E-state index in [1.807, 2.05) is 0 Å². The molecule has 0 saturated heterocycles. The lowest BCUT2D eigenvalue weighted by atomic mass is 10.2. The normalized spacial score (nSPS) is 10.7. The first-order valence-corrected chi connectivity index (χ1v) is 7.73. The fourth-order valence-corrected chi connectivity index (χ4v) is 3.09. The lowest BCUT2D eigenvalue weighted by molar-refractivity contribution is 0.0784.